The maximum absolute atomic E-state index is 4.99. The van der Waals surface area contributed by atoms with Crippen molar-refractivity contribution < 1.29 is 0 Å². The fourth-order valence-electron chi connectivity index (χ4n) is 9.62. The Bertz CT molecular complexity index is 3680. The molecule has 0 saturated carbocycles. The number of hydrogen-bond acceptors (Lipinski definition) is 3. The second kappa shape index (κ2) is 12.7. The third kappa shape index (κ3) is 4.84. The monoisotopic (exact) mass is 763 g/mol. The van der Waals surface area contributed by atoms with Crippen molar-refractivity contribution in [3.63, 3.8) is 0 Å². The van der Waals surface area contributed by atoms with Crippen LogP contribution < -0.4 is 0 Å². The highest BCUT2D eigenvalue weighted by atomic mass is 15.0. The van der Waals surface area contributed by atoms with Gasteiger partial charge in [-0.3, -0.25) is 0 Å². The standard InChI is InChI=1S/C55H33N5/c1-4-12-36(13-5-1)53-56-54(37-14-6-2-7-15-37)58-55(57-53)38-24-27-42(28-25-38)59-46-21-11-17-35-26-29-44-43(30-31-47(59)52(44)50(35)46)40-32-39-23-22-34-16-10-20-45-49(34)51(39)48(33-40)60(45)41-18-8-3-9-19-41/h1-33H. The van der Waals surface area contributed by atoms with E-state index >= 15 is 0 Å². The SMILES string of the molecule is c1ccc(-c2nc(-c3ccccc3)nc(-c3ccc(-n4c5cccc6ccc7c(-c8cc9ccc%10cccc%11c%10c9c(c8)n%11-c8ccccc8)ccc4c7c65)cc3)n2)cc1. The van der Waals surface area contributed by atoms with Gasteiger partial charge in [-0.05, 0) is 99.4 Å². The minimum atomic E-state index is 0.640. The van der Waals surface area contributed by atoms with E-state index in [4.69, 9.17) is 15.0 Å². The molecule has 0 unspecified atom stereocenters. The molecule has 0 bridgehead atoms. The van der Waals surface area contributed by atoms with Crippen LogP contribution in [0.1, 0.15) is 0 Å². The molecule has 0 N–H and O–H groups in total. The summed E-state index contributed by atoms with van der Waals surface area (Å²) in [5.41, 5.74) is 12.3. The van der Waals surface area contributed by atoms with E-state index in [2.05, 4.69) is 149 Å². The lowest BCUT2D eigenvalue weighted by molar-refractivity contribution is 1.07. The van der Waals surface area contributed by atoms with Crippen LogP contribution in [0.4, 0.5) is 0 Å². The van der Waals surface area contributed by atoms with Gasteiger partial charge in [0.15, 0.2) is 17.5 Å². The summed E-state index contributed by atoms with van der Waals surface area (Å²) >= 11 is 0. The normalized spacial score (nSPS) is 12.0. The van der Waals surface area contributed by atoms with Gasteiger partial charge >= 0.3 is 0 Å². The Labute approximate surface area is 344 Å². The molecule has 0 aliphatic heterocycles. The van der Waals surface area contributed by atoms with E-state index in [1.807, 2.05) is 60.7 Å². The lowest BCUT2D eigenvalue weighted by atomic mass is 9.92. The van der Waals surface area contributed by atoms with Crippen LogP contribution in [-0.4, -0.2) is 24.1 Å². The summed E-state index contributed by atoms with van der Waals surface area (Å²) in [6.45, 7) is 0. The first-order valence-corrected chi connectivity index (χ1v) is 20.4. The molecule has 3 heterocycles. The Kier molecular flexibility index (Phi) is 6.95. The summed E-state index contributed by atoms with van der Waals surface area (Å²) in [5, 5.41) is 10.2. The Morgan fingerprint density at radius 1 is 0.283 bits per heavy atom. The Hall–Kier alpha value is -8.15. The zero-order valence-electron chi connectivity index (χ0n) is 32.3. The molecule has 0 radical (unpaired) electrons. The lowest BCUT2D eigenvalue weighted by Crippen LogP contribution is -2.00. The van der Waals surface area contributed by atoms with Gasteiger partial charge in [0.2, 0.25) is 0 Å². The first-order chi connectivity index (χ1) is 29.7. The van der Waals surface area contributed by atoms with Crippen LogP contribution in [0, 0.1) is 0 Å². The molecule has 13 rings (SSSR count). The molecule has 0 saturated heterocycles. The molecular formula is C55H33N5. The third-order valence-electron chi connectivity index (χ3n) is 12.3. The van der Waals surface area contributed by atoms with E-state index in [9.17, 15) is 0 Å². The van der Waals surface area contributed by atoms with Gasteiger partial charge in [-0.25, -0.2) is 15.0 Å². The molecule has 60 heavy (non-hydrogen) atoms. The summed E-state index contributed by atoms with van der Waals surface area (Å²) in [6.07, 6.45) is 0. The van der Waals surface area contributed by atoms with E-state index < -0.39 is 0 Å². The van der Waals surface area contributed by atoms with Crippen LogP contribution in [0.3, 0.4) is 0 Å². The quantitative estimate of drug-likeness (QED) is 0.158. The highest BCUT2D eigenvalue weighted by molar-refractivity contribution is 6.28. The number of aromatic nitrogens is 5. The maximum Gasteiger partial charge on any atom is 0.164 e. The van der Waals surface area contributed by atoms with E-state index in [0.717, 1.165) is 22.4 Å². The van der Waals surface area contributed by atoms with Gasteiger partial charge in [0, 0.05) is 49.6 Å². The van der Waals surface area contributed by atoms with E-state index in [-0.39, 0.29) is 0 Å². The molecule has 278 valence electrons. The predicted octanol–water partition coefficient (Wildman–Crippen LogP) is 13.9. The zero-order chi connectivity index (χ0) is 39.3. The highest BCUT2D eigenvalue weighted by Gasteiger charge is 2.22. The number of nitrogens with zero attached hydrogens (tertiary/aromatic N) is 5. The van der Waals surface area contributed by atoms with E-state index in [0.29, 0.717) is 17.5 Å². The fourth-order valence-corrected chi connectivity index (χ4v) is 9.62. The Morgan fingerprint density at radius 2 is 0.767 bits per heavy atom. The van der Waals surface area contributed by atoms with Gasteiger partial charge in [-0.15, -0.1) is 0 Å². The van der Waals surface area contributed by atoms with Gasteiger partial charge in [-0.2, -0.15) is 0 Å². The first-order valence-electron chi connectivity index (χ1n) is 20.4. The predicted molar refractivity (Wildman–Crippen MR) is 248 cm³/mol. The second-order valence-electron chi connectivity index (χ2n) is 15.6. The molecule has 0 spiro atoms. The molecule has 0 aliphatic rings. The summed E-state index contributed by atoms with van der Waals surface area (Å²) in [4.78, 5) is 14.9. The van der Waals surface area contributed by atoms with Crippen molar-refractivity contribution in [1.29, 1.82) is 0 Å². The molecule has 10 aromatic carbocycles. The highest BCUT2D eigenvalue weighted by Crippen LogP contribution is 2.45. The van der Waals surface area contributed by atoms with Crippen molar-refractivity contribution in [1.82, 2.24) is 24.1 Å². The van der Waals surface area contributed by atoms with E-state index in [1.54, 1.807) is 0 Å². The van der Waals surface area contributed by atoms with Crippen LogP contribution in [0.5, 0.6) is 0 Å². The van der Waals surface area contributed by atoms with Crippen molar-refractivity contribution in [2.75, 3.05) is 0 Å². The molecule has 0 aliphatic carbocycles. The summed E-state index contributed by atoms with van der Waals surface area (Å²) in [5.74, 6) is 1.94. The minimum absolute atomic E-state index is 0.640. The summed E-state index contributed by atoms with van der Waals surface area (Å²) in [6, 6.07) is 71.5. The van der Waals surface area contributed by atoms with Crippen molar-refractivity contribution >= 4 is 65.2 Å². The van der Waals surface area contributed by atoms with Crippen molar-refractivity contribution in [2.24, 2.45) is 0 Å². The topological polar surface area (TPSA) is 48.5 Å². The fraction of sp³-hybridized carbons (Fsp3) is 0. The molecule has 0 atom stereocenters. The zero-order valence-corrected chi connectivity index (χ0v) is 32.3. The molecule has 0 fully saturated rings. The van der Waals surface area contributed by atoms with Gasteiger partial charge in [0.25, 0.3) is 0 Å². The average Bonchev–Trinajstić information content (AvgIpc) is 3.85. The smallest absolute Gasteiger partial charge is 0.164 e. The lowest BCUT2D eigenvalue weighted by Gasteiger charge is -2.13. The Morgan fingerprint density at radius 3 is 1.40 bits per heavy atom. The summed E-state index contributed by atoms with van der Waals surface area (Å²) < 4.78 is 4.84. The van der Waals surface area contributed by atoms with Crippen molar-refractivity contribution in [3.8, 4) is 56.7 Å². The van der Waals surface area contributed by atoms with Crippen molar-refractivity contribution in [3.05, 3.63) is 200 Å². The number of hydrogen-bond donors (Lipinski definition) is 0. The van der Waals surface area contributed by atoms with Crippen LogP contribution >= 0.6 is 0 Å². The molecule has 0 amide bonds. The van der Waals surface area contributed by atoms with Gasteiger partial charge < -0.3 is 9.13 Å². The van der Waals surface area contributed by atoms with Crippen molar-refractivity contribution in [2.45, 2.75) is 0 Å². The number of para-hydroxylation sites is 1. The second-order valence-corrected chi connectivity index (χ2v) is 15.6. The third-order valence-corrected chi connectivity index (χ3v) is 12.3. The van der Waals surface area contributed by atoms with E-state index in [1.165, 1.54) is 82.0 Å². The Balaban J connectivity index is 0.978. The largest absolute Gasteiger partial charge is 0.309 e. The molecule has 13 aromatic rings. The molecule has 5 heteroatoms. The van der Waals surface area contributed by atoms with Gasteiger partial charge in [0.1, 0.15) is 0 Å². The molecule has 5 nitrogen and oxygen atoms in total. The first kappa shape index (κ1) is 32.9. The van der Waals surface area contributed by atoms with Crippen LogP contribution in [0.15, 0.2) is 200 Å². The average molecular weight is 764 g/mol. The molecule has 3 aromatic heterocycles. The minimum Gasteiger partial charge on any atom is -0.309 e. The summed E-state index contributed by atoms with van der Waals surface area (Å²) in [7, 11) is 0. The van der Waals surface area contributed by atoms with Crippen LogP contribution in [0.2, 0.25) is 0 Å². The van der Waals surface area contributed by atoms with Crippen LogP contribution in [-0.2, 0) is 0 Å². The van der Waals surface area contributed by atoms with Gasteiger partial charge in [-0.1, -0.05) is 133 Å². The van der Waals surface area contributed by atoms with Crippen LogP contribution in [0.25, 0.3) is 122 Å². The van der Waals surface area contributed by atoms with Gasteiger partial charge in [0.05, 0.1) is 22.1 Å². The molecular weight excluding hydrogens is 731 g/mol. The number of benzene rings is 10. The number of rotatable bonds is 6. The maximum atomic E-state index is 4.99.